The molecule has 3 nitrogen and oxygen atoms in total. The lowest BCUT2D eigenvalue weighted by Gasteiger charge is -2.37. The third kappa shape index (κ3) is 3.40. The molecule has 0 N–H and O–H groups in total. The summed E-state index contributed by atoms with van der Waals surface area (Å²) >= 11 is 10.4. The highest BCUT2D eigenvalue weighted by atomic mass is 79.9. The van der Waals surface area contributed by atoms with Gasteiger partial charge in [-0.05, 0) is 53.1 Å². The zero-order chi connectivity index (χ0) is 15.1. The van der Waals surface area contributed by atoms with Gasteiger partial charge in [0.1, 0.15) is 4.21 Å². The summed E-state index contributed by atoms with van der Waals surface area (Å²) in [7, 11) is -1.76. The van der Waals surface area contributed by atoms with Crippen LogP contribution in [0.4, 0.5) is 0 Å². The summed E-state index contributed by atoms with van der Waals surface area (Å²) in [6, 6.07) is 1.61. The van der Waals surface area contributed by atoms with Crippen molar-refractivity contribution >= 4 is 48.9 Å². The summed E-state index contributed by atoms with van der Waals surface area (Å²) in [6.45, 7) is 4.49. The largest absolute Gasteiger partial charge is 0.252 e. The lowest BCUT2D eigenvalue weighted by atomic mass is 9.76. The fourth-order valence-corrected chi connectivity index (χ4v) is 6.54. The van der Waals surface area contributed by atoms with E-state index in [1.165, 1.54) is 21.7 Å². The van der Waals surface area contributed by atoms with E-state index in [1.54, 1.807) is 7.05 Å². The molecule has 20 heavy (non-hydrogen) atoms. The van der Waals surface area contributed by atoms with Crippen LogP contribution in [0.2, 0.25) is 5.02 Å². The van der Waals surface area contributed by atoms with E-state index in [2.05, 4.69) is 29.8 Å². The average Bonchev–Trinajstić information content (AvgIpc) is 2.69. The molecule has 0 radical (unpaired) electrons. The highest BCUT2D eigenvalue weighted by molar-refractivity contribution is 9.11. The van der Waals surface area contributed by atoms with Crippen molar-refractivity contribution in [2.45, 2.75) is 49.8 Å². The molecule has 7 heteroatoms. The van der Waals surface area contributed by atoms with Crippen LogP contribution in [0.25, 0.3) is 0 Å². The van der Waals surface area contributed by atoms with E-state index < -0.39 is 10.0 Å². The zero-order valence-corrected chi connectivity index (χ0v) is 15.8. The van der Waals surface area contributed by atoms with Crippen LogP contribution in [-0.2, 0) is 10.0 Å². The Labute approximate surface area is 138 Å². The maximum atomic E-state index is 12.6. The fourth-order valence-electron chi connectivity index (χ4n) is 2.54. The van der Waals surface area contributed by atoms with Gasteiger partial charge in [-0.3, -0.25) is 0 Å². The minimum absolute atomic E-state index is 0.0904. The monoisotopic (exact) mass is 399 g/mol. The lowest BCUT2D eigenvalue weighted by Crippen LogP contribution is -2.40. The van der Waals surface area contributed by atoms with Crippen molar-refractivity contribution in [3.63, 3.8) is 0 Å². The van der Waals surface area contributed by atoms with Crippen LogP contribution >= 0.6 is 38.9 Å². The van der Waals surface area contributed by atoms with Gasteiger partial charge >= 0.3 is 0 Å². The molecule has 1 aliphatic carbocycles. The number of thiophene rings is 1. The van der Waals surface area contributed by atoms with Gasteiger partial charge in [-0.25, -0.2) is 8.42 Å². The summed E-state index contributed by atoms with van der Waals surface area (Å²) in [4.78, 5) is 0. The molecule has 1 aliphatic rings. The number of hydrogen-bond donors (Lipinski definition) is 0. The number of sulfonamides is 1. The first-order valence-electron chi connectivity index (χ1n) is 6.56. The fraction of sp³-hybridized carbons (Fsp3) is 0.692. The molecule has 0 aliphatic heterocycles. The quantitative estimate of drug-likeness (QED) is 0.734. The van der Waals surface area contributed by atoms with E-state index in [0.717, 1.165) is 25.7 Å². The molecule has 1 aromatic rings. The molecule has 1 saturated carbocycles. The molecule has 0 atom stereocenters. The first kappa shape index (κ1) is 16.7. The van der Waals surface area contributed by atoms with Crippen LogP contribution in [-0.4, -0.2) is 25.8 Å². The SMILES string of the molecule is CN(C1CCC(C)(C)CC1)S(=O)(=O)c1cc(Cl)c(Br)s1. The zero-order valence-electron chi connectivity index (χ0n) is 11.8. The maximum Gasteiger partial charge on any atom is 0.252 e. The van der Waals surface area contributed by atoms with Gasteiger partial charge in [-0.15, -0.1) is 11.3 Å². The normalized spacial score (nSPS) is 20.5. The first-order valence-corrected chi connectivity index (χ1v) is 9.99. The molecule has 114 valence electrons. The molecule has 1 aromatic heterocycles. The first-order chi connectivity index (χ1) is 9.13. The van der Waals surface area contributed by atoms with E-state index in [0.29, 0.717) is 18.4 Å². The molecule has 0 spiro atoms. The Morgan fingerprint density at radius 3 is 2.40 bits per heavy atom. The Morgan fingerprint density at radius 2 is 1.95 bits per heavy atom. The summed E-state index contributed by atoms with van der Waals surface area (Å²) in [6.07, 6.45) is 3.96. The Kier molecular flexibility index (Phi) is 4.92. The summed E-state index contributed by atoms with van der Waals surface area (Å²) in [5, 5.41) is 0.451. The van der Waals surface area contributed by atoms with Gasteiger partial charge in [0.05, 0.1) is 8.81 Å². The third-order valence-corrected chi connectivity index (χ3v) is 8.91. The van der Waals surface area contributed by atoms with Crippen molar-refractivity contribution in [2.24, 2.45) is 5.41 Å². The maximum absolute atomic E-state index is 12.6. The van der Waals surface area contributed by atoms with Gasteiger partial charge in [-0.2, -0.15) is 4.31 Å². The van der Waals surface area contributed by atoms with Crippen LogP contribution < -0.4 is 0 Å². The topological polar surface area (TPSA) is 37.4 Å². The van der Waals surface area contributed by atoms with Gasteiger partial charge in [0, 0.05) is 13.1 Å². The minimum Gasteiger partial charge on any atom is -0.206 e. The molecule has 1 heterocycles. The number of nitrogens with zero attached hydrogens (tertiary/aromatic N) is 1. The Balaban J connectivity index is 2.18. The minimum atomic E-state index is -3.44. The van der Waals surface area contributed by atoms with Crippen molar-refractivity contribution in [2.75, 3.05) is 7.05 Å². The highest BCUT2D eigenvalue weighted by Crippen LogP contribution is 2.40. The van der Waals surface area contributed by atoms with Crippen molar-refractivity contribution in [1.82, 2.24) is 4.31 Å². The summed E-state index contributed by atoms with van der Waals surface area (Å²) in [5.41, 5.74) is 0.330. The van der Waals surface area contributed by atoms with E-state index in [9.17, 15) is 8.42 Å². The van der Waals surface area contributed by atoms with Crippen molar-refractivity contribution in [3.05, 3.63) is 14.9 Å². The highest BCUT2D eigenvalue weighted by Gasteiger charge is 2.35. The van der Waals surface area contributed by atoms with Gasteiger partial charge in [0.15, 0.2) is 0 Å². The Morgan fingerprint density at radius 1 is 1.40 bits per heavy atom. The van der Waals surface area contributed by atoms with Crippen LogP contribution in [0.3, 0.4) is 0 Å². The molecular formula is C13H19BrClNO2S2. The second-order valence-corrected chi connectivity index (χ2v) is 11.1. The molecular weight excluding hydrogens is 382 g/mol. The number of hydrogen-bond acceptors (Lipinski definition) is 3. The number of halogens is 2. The smallest absolute Gasteiger partial charge is 0.206 e. The summed E-state index contributed by atoms with van der Waals surface area (Å²) < 4.78 is 27.7. The van der Waals surface area contributed by atoms with E-state index in [1.807, 2.05) is 0 Å². The standard InChI is InChI=1S/C13H19BrClNO2S2/c1-13(2)6-4-9(5-7-13)16(3)20(17,18)11-8-10(15)12(14)19-11/h8-9H,4-7H2,1-3H3. The van der Waals surface area contributed by atoms with Crippen LogP contribution in [0.1, 0.15) is 39.5 Å². The molecule has 0 unspecified atom stereocenters. The number of rotatable bonds is 3. The molecule has 2 rings (SSSR count). The molecule has 0 saturated heterocycles. The second-order valence-electron chi connectivity index (χ2n) is 6.10. The van der Waals surface area contributed by atoms with Gasteiger partial charge in [-0.1, -0.05) is 25.4 Å². The molecule has 0 amide bonds. The second kappa shape index (κ2) is 5.88. The third-order valence-electron chi connectivity index (χ3n) is 4.08. The summed E-state index contributed by atoms with van der Waals surface area (Å²) in [5.74, 6) is 0. The van der Waals surface area contributed by atoms with Gasteiger partial charge < -0.3 is 0 Å². The van der Waals surface area contributed by atoms with Crippen LogP contribution in [0.15, 0.2) is 14.1 Å². The van der Waals surface area contributed by atoms with Crippen molar-refractivity contribution < 1.29 is 8.42 Å². The molecule has 0 bridgehead atoms. The van der Waals surface area contributed by atoms with Crippen LogP contribution in [0.5, 0.6) is 0 Å². The Hall–Kier alpha value is 0.380. The van der Waals surface area contributed by atoms with Crippen LogP contribution in [0, 0.1) is 5.41 Å². The van der Waals surface area contributed by atoms with E-state index >= 15 is 0 Å². The van der Waals surface area contributed by atoms with Gasteiger partial charge in [0.25, 0.3) is 10.0 Å². The van der Waals surface area contributed by atoms with Crippen molar-refractivity contribution in [3.8, 4) is 0 Å². The predicted molar refractivity (Wildman–Crippen MR) is 88.0 cm³/mol. The van der Waals surface area contributed by atoms with E-state index in [-0.39, 0.29) is 6.04 Å². The van der Waals surface area contributed by atoms with Crippen molar-refractivity contribution in [1.29, 1.82) is 0 Å². The predicted octanol–water partition coefficient (Wildman–Crippen LogP) is 4.75. The lowest BCUT2D eigenvalue weighted by molar-refractivity contribution is 0.174. The molecule has 0 aromatic carbocycles. The van der Waals surface area contributed by atoms with E-state index in [4.69, 9.17) is 11.6 Å². The average molecular weight is 401 g/mol. The molecule has 1 fully saturated rings. The Bertz CT molecular complexity index is 568. The van der Waals surface area contributed by atoms with Gasteiger partial charge in [0.2, 0.25) is 0 Å².